The van der Waals surface area contributed by atoms with Gasteiger partial charge in [0.1, 0.15) is 51.0 Å². The first kappa shape index (κ1) is 27.6. The Bertz CT molecular complexity index is 1540. The van der Waals surface area contributed by atoms with Crippen molar-refractivity contribution in [2.24, 2.45) is 0 Å². The molecular weight excluding hydrogens is 553 g/mol. The van der Waals surface area contributed by atoms with E-state index in [9.17, 15) is 13.6 Å². The molecule has 0 saturated carbocycles. The van der Waals surface area contributed by atoms with Crippen LogP contribution in [-0.2, 0) is 4.79 Å². The summed E-state index contributed by atoms with van der Waals surface area (Å²) in [5.74, 6) is -1.35. The molecule has 2 aromatic heterocycles. The number of halogens is 4. The maximum atomic E-state index is 14.7. The molecule has 13 heteroatoms. The van der Waals surface area contributed by atoms with Gasteiger partial charge in [-0.2, -0.15) is 0 Å². The largest absolute Gasteiger partial charge is 0.495 e. The average molecular weight is 573 g/mol. The molecule has 0 aliphatic heterocycles. The molecule has 1 amide bonds. The smallest absolute Gasteiger partial charge is 0.247 e. The van der Waals surface area contributed by atoms with Crippen LogP contribution in [0.1, 0.15) is 0 Å². The van der Waals surface area contributed by atoms with Crippen LogP contribution in [0.15, 0.2) is 61.6 Å². The van der Waals surface area contributed by atoms with Gasteiger partial charge >= 0.3 is 0 Å². The van der Waals surface area contributed by atoms with E-state index in [4.69, 9.17) is 32.7 Å². The first-order valence-corrected chi connectivity index (χ1v) is 11.8. The van der Waals surface area contributed by atoms with E-state index in [0.717, 1.165) is 12.1 Å². The number of ether oxygens (including phenoxy) is 2. The molecule has 3 N–H and O–H groups in total. The Labute approximate surface area is 231 Å². The van der Waals surface area contributed by atoms with Crippen LogP contribution in [0.2, 0.25) is 10.0 Å². The summed E-state index contributed by atoms with van der Waals surface area (Å²) < 4.78 is 39.2. The van der Waals surface area contributed by atoms with Crippen LogP contribution in [-0.4, -0.2) is 35.1 Å². The summed E-state index contributed by atoms with van der Waals surface area (Å²) >= 11 is 13.0. The molecule has 4 rings (SSSR count). The molecular formula is C26H20Cl2F2N6O3. The zero-order chi connectivity index (χ0) is 28.1. The number of pyridine rings is 1. The van der Waals surface area contributed by atoms with Crippen molar-refractivity contribution in [3.05, 3.63) is 83.3 Å². The van der Waals surface area contributed by atoms with Crippen molar-refractivity contribution >= 4 is 57.8 Å². The highest BCUT2D eigenvalue weighted by Gasteiger charge is 2.20. The molecule has 2 heterocycles. The molecule has 0 saturated heterocycles. The summed E-state index contributed by atoms with van der Waals surface area (Å²) in [6, 6.07) is 8.13. The molecule has 0 radical (unpaired) electrons. The second-order valence-electron chi connectivity index (χ2n) is 7.73. The maximum Gasteiger partial charge on any atom is 0.247 e. The van der Waals surface area contributed by atoms with Crippen molar-refractivity contribution in [1.82, 2.24) is 15.0 Å². The Hall–Kier alpha value is -4.48. The van der Waals surface area contributed by atoms with E-state index in [1.54, 1.807) is 24.4 Å². The van der Waals surface area contributed by atoms with Gasteiger partial charge in [0, 0.05) is 30.0 Å². The number of carbonyl (C=O) groups is 1. The fraction of sp³-hybridized carbons (Fsp3) is 0.0769. The molecule has 200 valence electrons. The Kier molecular flexibility index (Phi) is 8.43. The Balaban J connectivity index is 1.72. The molecule has 0 bridgehead atoms. The average Bonchev–Trinajstić information content (AvgIpc) is 2.93. The number of anilines is 5. The Morgan fingerprint density at radius 1 is 0.974 bits per heavy atom. The van der Waals surface area contributed by atoms with Crippen LogP contribution >= 0.6 is 23.2 Å². The monoisotopic (exact) mass is 572 g/mol. The van der Waals surface area contributed by atoms with Gasteiger partial charge in [-0.3, -0.25) is 4.79 Å². The van der Waals surface area contributed by atoms with E-state index in [2.05, 4.69) is 37.5 Å². The third kappa shape index (κ3) is 6.00. The predicted molar refractivity (Wildman–Crippen MR) is 147 cm³/mol. The van der Waals surface area contributed by atoms with Gasteiger partial charge in [0.25, 0.3) is 0 Å². The van der Waals surface area contributed by atoms with Gasteiger partial charge < -0.3 is 25.4 Å². The van der Waals surface area contributed by atoms with Gasteiger partial charge in [-0.15, -0.1) is 0 Å². The van der Waals surface area contributed by atoms with Gasteiger partial charge in [0.2, 0.25) is 5.91 Å². The fourth-order valence-electron chi connectivity index (χ4n) is 3.51. The fourth-order valence-corrected chi connectivity index (χ4v) is 4.10. The van der Waals surface area contributed by atoms with Crippen LogP contribution in [0.25, 0.3) is 11.3 Å². The number of nitrogens with one attached hydrogen (secondary N) is 3. The summed E-state index contributed by atoms with van der Waals surface area (Å²) in [7, 11) is 2.91. The lowest BCUT2D eigenvalue weighted by Crippen LogP contribution is -2.11. The molecule has 39 heavy (non-hydrogen) atoms. The lowest BCUT2D eigenvalue weighted by atomic mass is 10.1. The lowest BCUT2D eigenvalue weighted by Gasteiger charge is -2.17. The number of aromatic nitrogens is 3. The molecule has 4 aromatic rings. The van der Waals surface area contributed by atoms with Crippen LogP contribution in [0.3, 0.4) is 0 Å². The first-order valence-electron chi connectivity index (χ1n) is 11.1. The van der Waals surface area contributed by atoms with Gasteiger partial charge in [0.05, 0.1) is 31.3 Å². The predicted octanol–water partition coefficient (Wildman–Crippen LogP) is 6.75. The number of amides is 1. The minimum absolute atomic E-state index is 0.141. The summed E-state index contributed by atoms with van der Waals surface area (Å²) in [6.07, 6.45) is 3.77. The normalized spacial score (nSPS) is 10.5. The summed E-state index contributed by atoms with van der Waals surface area (Å²) in [5.41, 5.74) is 0.833. The van der Waals surface area contributed by atoms with Crippen LogP contribution < -0.4 is 25.4 Å². The number of hydrogen-bond acceptors (Lipinski definition) is 8. The first-order chi connectivity index (χ1) is 18.7. The van der Waals surface area contributed by atoms with E-state index in [1.165, 1.54) is 26.6 Å². The van der Waals surface area contributed by atoms with Gasteiger partial charge in [-0.05, 0) is 24.3 Å². The van der Waals surface area contributed by atoms with Crippen molar-refractivity contribution in [2.45, 2.75) is 0 Å². The number of hydrogen-bond donors (Lipinski definition) is 3. The van der Waals surface area contributed by atoms with Gasteiger partial charge in [-0.25, -0.2) is 23.7 Å². The molecule has 0 aliphatic carbocycles. The van der Waals surface area contributed by atoms with Crippen LogP contribution in [0, 0.1) is 11.6 Å². The standard InChI is InChI=1S/C26H20Cl2F2N6O3/c1-4-21(37)34-17-9-13(29)8-15(30)24(17)35-20-10-16(32-12-33-20)14-6-5-7-31-26(14)36-25-22(27)18(38-2)11-19(39-3)23(25)28/h4-12H,1H2,2-3H3,(H,31,36)(H,34,37)(H,32,33,35). The molecule has 0 spiro atoms. The second kappa shape index (κ2) is 11.9. The van der Waals surface area contributed by atoms with Crippen molar-refractivity contribution in [1.29, 1.82) is 0 Å². The minimum atomic E-state index is -0.950. The highest BCUT2D eigenvalue weighted by molar-refractivity contribution is 6.41. The Morgan fingerprint density at radius 3 is 2.36 bits per heavy atom. The zero-order valence-electron chi connectivity index (χ0n) is 20.5. The molecule has 0 aliphatic rings. The molecule has 9 nitrogen and oxygen atoms in total. The minimum Gasteiger partial charge on any atom is -0.495 e. The van der Waals surface area contributed by atoms with E-state index < -0.39 is 17.5 Å². The van der Waals surface area contributed by atoms with Crippen molar-refractivity contribution in [3.8, 4) is 22.8 Å². The molecule has 0 fully saturated rings. The van der Waals surface area contributed by atoms with Crippen LogP contribution in [0.4, 0.5) is 37.5 Å². The lowest BCUT2D eigenvalue weighted by molar-refractivity contribution is -0.111. The van der Waals surface area contributed by atoms with Gasteiger partial charge in [-0.1, -0.05) is 29.8 Å². The van der Waals surface area contributed by atoms with Gasteiger partial charge in [0.15, 0.2) is 5.82 Å². The van der Waals surface area contributed by atoms with Crippen molar-refractivity contribution in [2.75, 3.05) is 30.2 Å². The van der Waals surface area contributed by atoms with E-state index in [1.807, 2.05) is 0 Å². The van der Waals surface area contributed by atoms with E-state index in [-0.39, 0.29) is 32.9 Å². The second-order valence-corrected chi connectivity index (χ2v) is 8.48. The maximum absolute atomic E-state index is 14.7. The number of methoxy groups -OCH3 is 2. The third-order valence-electron chi connectivity index (χ3n) is 5.32. The topological polar surface area (TPSA) is 110 Å². The SMILES string of the molecule is C=CC(=O)Nc1cc(F)cc(F)c1Nc1cc(-c2cccnc2Nc2c(Cl)c(OC)cc(OC)c2Cl)ncn1. The van der Waals surface area contributed by atoms with Crippen molar-refractivity contribution in [3.63, 3.8) is 0 Å². The molecule has 0 atom stereocenters. The molecule has 0 unspecified atom stereocenters. The van der Waals surface area contributed by atoms with Crippen molar-refractivity contribution < 1.29 is 23.0 Å². The summed E-state index contributed by atoms with van der Waals surface area (Å²) in [6.45, 7) is 3.35. The quantitative estimate of drug-likeness (QED) is 0.189. The highest BCUT2D eigenvalue weighted by atomic mass is 35.5. The van der Waals surface area contributed by atoms with Crippen LogP contribution in [0.5, 0.6) is 11.5 Å². The summed E-state index contributed by atoms with van der Waals surface area (Å²) in [5, 5.41) is 8.64. The highest BCUT2D eigenvalue weighted by Crippen LogP contribution is 2.45. The zero-order valence-corrected chi connectivity index (χ0v) is 22.0. The third-order valence-corrected chi connectivity index (χ3v) is 6.07. The van der Waals surface area contributed by atoms with E-state index in [0.29, 0.717) is 34.6 Å². The number of carbonyl (C=O) groups excluding carboxylic acids is 1. The number of benzene rings is 2. The van der Waals surface area contributed by atoms with E-state index >= 15 is 0 Å². The molecule has 2 aromatic carbocycles. The summed E-state index contributed by atoms with van der Waals surface area (Å²) in [4.78, 5) is 24.6. The number of rotatable bonds is 9. The number of nitrogens with zero attached hydrogens (tertiary/aromatic N) is 3. The Morgan fingerprint density at radius 2 is 1.69 bits per heavy atom.